The minimum atomic E-state index is -0.182. The summed E-state index contributed by atoms with van der Waals surface area (Å²) in [5, 5.41) is 11.0. The van der Waals surface area contributed by atoms with E-state index in [0.717, 1.165) is 26.1 Å². The second-order valence-electron chi connectivity index (χ2n) is 5.38. The average Bonchev–Trinajstić information content (AvgIpc) is 2.97. The van der Waals surface area contributed by atoms with Gasteiger partial charge >= 0.3 is 0 Å². The lowest BCUT2D eigenvalue weighted by Crippen LogP contribution is -2.24. The molecule has 96 valence electrons. The van der Waals surface area contributed by atoms with Gasteiger partial charge in [0.1, 0.15) is 0 Å². The molecule has 0 radical (unpaired) electrons. The molecule has 2 heterocycles. The van der Waals surface area contributed by atoms with Crippen molar-refractivity contribution in [3.63, 3.8) is 0 Å². The summed E-state index contributed by atoms with van der Waals surface area (Å²) in [6.07, 6.45) is 2.93. The Balaban J connectivity index is 1.75. The summed E-state index contributed by atoms with van der Waals surface area (Å²) in [5.41, 5.74) is 2.58. The number of likely N-dealkylation sites (tertiary alicyclic amines) is 1. The molecule has 1 aliphatic rings. The standard InChI is InChI=1S/C15H20N2O/c1-11(18)12-6-8-17(9-12)10-13-3-2-4-15-14(13)5-7-16-15/h2-5,7,11-12,16,18H,6,8-10H2,1H3. The molecule has 2 unspecified atom stereocenters. The Morgan fingerprint density at radius 2 is 2.33 bits per heavy atom. The quantitative estimate of drug-likeness (QED) is 0.870. The Morgan fingerprint density at radius 3 is 3.11 bits per heavy atom. The van der Waals surface area contributed by atoms with Crippen LogP contribution >= 0.6 is 0 Å². The average molecular weight is 244 g/mol. The van der Waals surface area contributed by atoms with E-state index < -0.39 is 0 Å². The number of hydrogen-bond acceptors (Lipinski definition) is 2. The molecular formula is C15H20N2O. The van der Waals surface area contributed by atoms with Gasteiger partial charge in [-0.15, -0.1) is 0 Å². The van der Waals surface area contributed by atoms with Gasteiger partial charge in [0.25, 0.3) is 0 Å². The second-order valence-corrected chi connectivity index (χ2v) is 5.38. The molecule has 1 saturated heterocycles. The van der Waals surface area contributed by atoms with E-state index in [2.05, 4.69) is 34.1 Å². The van der Waals surface area contributed by atoms with Crippen molar-refractivity contribution in [3.05, 3.63) is 36.0 Å². The van der Waals surface area contributed by atoms with Gasteiger partial charge in [0, 0.05) is 30.2 Å². The van der Waals surface area contributed by atoms with Crippen molar-refractivity contribution in [1.82, 2.24) is 9.88 Å². The first-order chi connectivity index (χ1) is 8.74. The Hall–Kier alpha value is -1.32. The van der Waals surface area contributed by atoms with Crippen LogP contribution in [-0.2, 0) is 6.54 Å². The summed E-state index contributed by atoms with van der Waals surface area (Å²) in [7, 11) is 0. The number of aliphatic hydroxyl groups is 1. The van der Waals surface area contributed by atoms with Crippen LogP contribution in [0.25, 0.3) is 10.9 Å². The molecule has 1 aromatic carbocycles. The second kappa shape index (κ2) is 4.75. The van der Waals surface area contributed by atoms with E-state index >= 15 is 0 Å². The molecule has 2 aromatic rings. The summed E-state index contributed by atoms with van der Waals surface area (Å²) in [6, 6.07) is 8.57. The Morgan fingerprint density at radius 1 is 1.44 bits per heavy atom. The van der Waals surface area contributed by atoms with Gasteiger partial charge in [-0.25, -0.2) is 0 Å². The van der Waals surface area contributed by atoms with Gasteiger partial charge in [0.05, 0.1) is 6.10 Å². The molecule has 2 atom stereocenters. The number of aromatic nitrogens is 1. The van der Waals surface area contributed by atoms with E-state index in [4.69, 9.17) is 0 Å². The van der Waals surface area contributed by atoms with E-state index in [1.54, 1.807) is 0 Å². The normalized spacial score (nSPS) is 22.7. The van der Waals surface area contributed by atoms with Gasteiger partial charge in [-0.1, -0.05) is 12.1 Å². The third-order valence-corrected chi connectivity index (χ3v) is 4.07. The molecule has 1 aromatic heterocycles. The summed E-state index contributed by atoms with van der Waals surface area (Å²) in [5.74, 6) is 0.440. The van der Waals surface area contributed by atoms with Gasteiger partial charge in [0.2, 0.25) is 0 Å². The molecule has 0 amide bonds. The largest absolute Gasteiger partial charge is 0.393 e. The van der Waals surface area contributed by atoms with E-state index in [1.165, 1.54) is 16.5 Å². The fourth-order valence-corrected chi connectivity index (χ4v) is 2.93. The van der Waals surface area contributed by atoms with Crippen LogP contribution in [0.4, 0.5) is 0 Å². The monoisotopic (exact) mass is 244 g/mol. The summed E-state index contributed by atoms with van der Waals surface area (Å²) < 4.78 is 0. The number of nitrogens with zero attached hydrogens (tertiary/aromatic N) is 1. The third-order valence-electron chi connectivity index (χ3n) is 4.07. The van der Waals surface area contributed by atoms with E-state index in [1.807, 2.05) is 13.1 Å². The van der Waals surface area contributed by atoms with Crippen LogP contribution in [-0.4, -0.2) is 34.2 Å². The molecule has 1 aliphatic heterocycles. The lowest BCUT2D eigenvalue weighted by atomic mass is 10.0. The maximum absolute atomic E-state index is 9.64. The molecule has 0 aliphatic carbocycles. The van der Waals surface area contributed by atoms with Crippen LogP contribution in [0.3, 0.4) is 0 Å². The van der Waals surface area contributed by atoms with Gasteiger partial charge in [-0.3, -0.25) is 4.90 Å². The minimum Gasteiger partial charge on any atom is -0.393 e. The first-order valence-electron chi connectivity index (χ1n) is 6.69. The fraction of sp³-hybridized carbons (Fsp3) is 0.467. The van der Waals surface area contributed by atoms with Crippen LogP contribution < -0.4 is 0 Å². The molecule has 3 heteroatoms. The molecule has 18 heavy (non-hydrogen) atoms. The maximum Gasteiger partial charge on any atom is 0.0552 e. The van der Waals surface area contributed by atoms with Crippen molar-refractivity contribution in [3.8, 4) is 0 Å². The topological polar surface area (TPSA) is 39.3 Å². The highest BCUT2D eigenvalue weighted by Gasteiger charge is 2.25. The number of fused-ring (bicyclic) bond motifs is 1. The first-order valence-corrected chi connectivity index (χ1v) is 6.69. The van der Waals surface area contributed by atoms with Gasteiger partial charge in [-0.2, -0.15) is 0 Å². The highest BCUT2D eigenvalue weighted by Crippen LogP contribution is 2.24. The van der Waals surface area contributed by atoms with E-state index in [-0.39, 0.29) is 6.10 Å². The number of aromatic amines is 1. The summed E-state index contributed by atoms with van der Waals surface area (Å²) in [6.45, 7) is 4.99. The lowest BCUT2D eigenvalue weighted by Gasteiger charge is -2.17. The molecule has 2 N–H and O–H groups in total. The summed E-state index contributed by atoms with van der Waals surface area (Å²) >= 11 is 0. The minimum absolute atomic E-state index is 0.182. The van der Waals surface area contributed by atoms with Gasteiger partial charge in [0.15, 0.2) is 0 Å². The molecule has 3 rings (SSSR count). The Bertz CT molecular complexity index is 532. The predicted molar refractivity (Wildman–Crippen MR) is 73.4 cm³/mol. The maximum atomic E-state index is 9.64. The lowest BCUT2D eigenvalue weighted by molar-refractivity contribution is 0.127. The van der Waals surface area contributed by atoms with Crippen molar-refractivity contribution in [2.24, 2.45) is 5.92 Å². The highest BCUT2D eigenvalue weighted by molar-refractivity contribution is 5.82. The zero-order chi connectivity index (χ0) is 12.5. The van der Waals surface area contributed by atoms with Crippen LogP contribution in [0, 0.1) is 5.92 Å². The number of hydrogen-bond donors (Lipinski definition) is 2. The SMILES string of the molecule is CC(O)C1CCN(Cc2cccc3[nH]ccc23)C1. The van der Waals surface area contributed by atoms with E-state index in [9.17, 15) is 5.11 Å². The highest BCUT2D eigenvalue weighted by atomic mass is 16.3. The number of aliphatic hydroxyl groups excluding tert-OH is 1. The molecule has 3 nitrogen and oxygen atoms in total. The number of nitrogens with one attached hydrogen (secondary N) is 1. The first kappa shape index (κ1) is 11.8. The van der Waals surface area contributed by atoms with Crippen molar-refractivity contribution < 1.29 is 5.11 Å². The number of benzene rings is 1. The Labute approximate surface area is 107 Å². The van der Waals surface area contributed by atoms with E-state index in [0.29, 0.717) is 5.92 Å². The zero-order valence-electron chi connectivity index (χ0n) is 10.8. The molecule has 1 fully saturated rings. The van der Waals surface area contributed by atoms with Crippen LogP contribution in [0.2, 0.25) is 0 Å². The molecule has 0 bridgehead atoms. The molecular weight excluding hydrogens is 224 g/mol. The zero-order valence-corrected chi connectivity index (χ0v) is 10.8. The van der Waals surface area contributed by atoms with Gasteiger partial charge in [-0.05, 0) is 43.5 Å². The van der Waals surface area contributed by atoms with Crippen molar-refractivity contribution in [2.45, 2.75) is 26.0 Å². The predicted octanol–water partition coefficient (Wildman–Crippen LogP) is 2.37. The Kier molecular flexibility index (Phi) is 3.10. The van der Waals surface area contributed by atoms with Gasteiger partial charge < -0.3 is 10.1 Å². The van der Waals surface area contributed by atoms with Crippen molar-refractivity contribution in [1.29, 1.82) is 0 Å². The van der Waals surface area contributed by atoms with Crippen molar-refractivity contribution in [2.75, 3.05) is 13.1 Å². The molecule has 0 saturated carbocycles. The smallest absolute Gasteiger partial charge is 0.0552 e. The number of rotatable bonds is 3. The number of H-pyrrole nitrogens is 1. The fourth-order valence-electron chi connectivity index (χ4n) is 2.93. The molecule has 0 spiro atoms. The summed E-state index contributed by atoms with van der Waals surface area (Å²) in [4.78, 5) is 5.70. The van der Waals surface area contributed by atoms with Crippen LogP contribution in [0.1, 0.15) is 18.9 Å². The van der Waals surface area contributed by atoms with Crippen LogP contribution in [0.5, 0.6) is 0 Å². The third kappa shape index (κ3) is 2.16. The van der Waals surface area contributed by atoms with Crippen LogP contribution in [0.15, 0.2) is 30.5 Å². The van der Waals surface area contributed by atoms with Crippen molar-refractivity contribution >= 4 is 10.9 Å².